The van der Waals surface area contributed by atoms with Gasteiger partial charge in [0.1, 0.15) is 5.75 Å². The maximum atomic E-state index is 12.5. The summed E-state index contributed by atoms with van der Waals surface area (Å²) in [5.74, 6) is 1.01. The molecule has 1 aliphatic heterocycles. The number of hydrogen-bond donors (Lipinski definition) is 1. The molecular weight excluding hydrogens is 424 g/mol. The molecule has 0 aliphatic carbocycles. The highest BCUT2D eigenvalue weighted by atomic mass is 32.2. The van der Waals surface area contributed by atoms with Crippen LogP contribution in [0.15, 0.2) is 51.8 Å². The minimum Gasteiger partial charge on any atom is -0.454 e. The van der Waals surface area contributed by atoms with Crippen LogP contribution < -0.4 is 15.2 Å². The lowest BCUT2D eigenvalue weighted by Crippen LogP contribution is -2.19. The van der Waals surface area contributed by atoms with E-state index in [4.69, 9.17) is 14.0 Å². The highest BCUT2D eigenvalue weighted by Crippen LogP contribution is 2.35. The molecular formula is C20H18N4O6S. The van der Waals surface area contributed by atoms with E-state index in [1.165, 1.54) is 4.57 Å². The van der Waals surface area contributed by atoms with Gasteiger partial charge in [-0.2, -0.15) is 4.98 Å². The second-order valence-electron chi connectivity index (χ2n) is 7.12. The van der Waals surface area contributed by atoms with Gasteiger partial charge >= 0.3 is 5.69 Å². The monoisotopic (exact) mass is 442 g/mol. The molecule has 2 aromatic carbocycles. The first-order valence-electron chi connectivity index (χ1n) is 9.59. The molecule has 0 unspecified atom stereocenters. The Labute approximate surface area is 176 Å². The standard InChI is InChI=1S/C20H18N4O6S/c25-20-21-14-4-1-2-5-15(14)24(20)8-3-9-31(26,27)11-18-22-19(23-30-18)13-6-7-16-17(10-13)29-12-28-16/h1-2,4-7,10H,3,8-9,11-12H2,(H,21,25). The van der Waals surface area contributed by atoms with Gasteiger partial charge in [0.05, 0.1) is 16.8 Å². The number of H-pyrrole nitrogens is 1. The smallest absolute Gasteiger partial charge is 0.326 e. The van der Waals surface area contributed by atoms with E-state index in [2.05, 4.69) is 15.1 Å². The van der Waals surface area contributed by atoms with Crippen LogP contribution in [0.2, 0.25) is 0 Å². The Kier molecular flexibility index (Phi) is 4.74. The number of ether oxygens (including phenoxy) is 2. The molecule has 11 heteroatoms. The maximum Gasteiger partial charge on any atom is 0.326 e. The number of nitrogens with one attached hydrogen (secondary N) is 1. The van der Waals surface area contributed by atoms with Crippen LogP contribution in [-0.2, 0) is 22.1 Å². The molecule has 0 saturated heterocycles. The summed E-state index contributed by atoms with van der Waals surface area (Å²) < 4.78 is 42.3. The van der Waals surface area contributed by atoms with Crippen LogP contribution in [0.25, 0.3) is 22.4 Å². The van der Waals surface area contributed by atoms with Gasteiger partial charge in [0.15, 0.2) is 21.3 Å². The Morgan fingerprint density at radius 2 is 1.94 bits per heavy atom. The minimum absolute atomic E-state index is 0.0110. The van der Waals surface area contributed by atoms with E-state index < -0.39 is 9.84 Å². The first kappa shape index (κ1) is 19.4. The van der Waals surface area contributed by atoms with Crippen LogP contribution in [0.3, 0.4) is 0 Å². The molecule has 0 atom stereocenters. The topological polar surface area (TPSA) is 129 Å². The van der Waals surface area contributed by atoms with Crippen molar-refractivity contribution in [2.45, 2.75) is 18.7 Å². The van der Waals surface area contributed by atoms with Crippen LogP contribution >= 0.6 is 0 Å². The third-order valence-corrected chi connectivity index (χ3v) is 6.56. The summed E-state index contributed by atoms with van der Waals surface area (Å²) in [4.78, 5) is 19.0. The Hall–Kier alpha value is -3.60. The highest BCUT2D eigenvalue weighted by Gasteiger charge is 2.20. The average Bonchev–Trinajstić information content (AvgIpc) is 3.46. The largest absolute Gasteiger partial charge is 0.454 e. The fourth-order valence-electron chi connectivity index (χ4n) is 3.50. The van der Waals surface area contributed by atoms with Crippen molar-refractivity contribution < 1.29 is 22.4 Å². The Morgan fingerprint density at radius 1 is 1.10 bits per heavy atom. The van der Waals surface area contributed by atoms with Crippen molar-refractivity contribution in [1.29, 1.82) is 0 Å². The van der Waals surface area contributed by atoms with E-state index in [1.54, 1.807) is 24.3 Å². The summed E-state index contributed by atoms with van der Waals surface area (Å²) in [6.07, 6.45) is 0.285. The van der Waals surface area contributed by atoms with E-state index >= 15 is 0 Å². The molecule has 0 fully saturated rings. The molecule has 4 aromatic rings. The lowest BCUT2D eigenvalue weighted by Gasteiger charge is -2.04. The van der Waals surface area contributed by atoms with Gasteiger partial charge in [0.25, 0.3) is 0 Å². The van der Waals surface area contributed by atoms with Crippen LogP contribution in [0.4, 0.5) is 0 Å². The van der Waals surface area contributed by atoms with Crippen molar-refractivity contribution >= 4 is 20.9 Å². The second-order valence-corrected chi connectivity index (χ2v) is 9.31. The van der Waals surface area contributed by atoms with E-state index in [1.807, 2.05) is 18.2 Å². The number of aryl methyl sites for hydroxylation is 1. The number of aromatic amines is 1. The molecule has 0 amide bonds. The van der Waals surface area contributed by atoms with Crippen LogP contribution in [-0.4, -0.2) is 40.7 Å². The second kappa shape index (κ2) is 7.58. The molecule has 1 N–H and O–H groups in total. The molecule has 0 bridgehead atoms. The van der Waals surface area contributed by atoms with Gasteiger partial charge in [-0.05, 0) is 36.8 Å². The van der Waals surface area contributed by atoms with Crippen molar-refractivity contribution in [2.75, 3.05) is 12.5 Å². The molecule has 31 heavy (non-hydrogen) atoms. The summed E-state index contributed by atoms with van der Waals surface area (Å²) >= 11 is 0. The number of sulfone groups is 1. The number of aromatic nitrogens is 4. The summed E-state index contributed by atoms with van der Waals surface area (Å²) in [6.45, 7) is 0.438. The zero-order valence-electron chi connectivity index (χ0n) is 16.3. The fourth-order valence-corrected chi connectivity index (χ4v) is 4.70. The van der Waals surface area contributed by atoms with Crippen LogP contribution in [0.1, 0.15) is 12.3 Å². The lowest BCUT2D eigenvalue weighted by molar-refractivity contribution is 0.174. The number of imidazole rings is 1. The van der Waals surface area contributed by atoms with Gasteiger partial charge < -0.3 is 19.0 Å². The summed E-state index contributed by atoms with van der Waals surface area (Å²) in [5.41, 5.74) is 1.84. The third kappa shape index (κ3) is 3.91. The number of hydrogen-bond acceptors (Lipinski definition) is 8. The molecule has 2 aromatic heterocycles. The molecule has 5 rings (SSSR count). The van der Waals surface area contributed by atoms with Crippen molar-refractivity contribution in [3.05, 3.63) is 58.8 Å². The third-order valence-electron chi connectivity index (χ3n) is 4.96. The fraction of sp³-hybridized carbons (Fsp3) is 0.250. The molecule has 3 heterocycles. The molecule has 1 aliphatic rings. The summed E-state index contributed by atoms with van der Waals surface area (Å²) in [7, 11) is -3.50. The Bertz CT molecular complexity index is 1420. The van der Waals surface area contributed by atoms with Gasteiger partial charge in [-0.1, -0.05) is 17.3 Å². The Balaban J connectivity index is 1.24. The molecule has 0 radical (unpaired) electrons. The SMILES string of the molecule is O=c1[nH]c2ccccc2n1CCCS(=O)(=O)Cc1nc(-c2ccc3c(c2)OCO3)no1. The van der Waals surface area contributed by atoms with Crippen LogP contribution in [0.5, 0.6) is 11.5 Å². The maximum absolute atomic E-state index is 12.5. The van der Waals surface area contributed by atoms with Crippen molar-refractivity contribution in [3.63, 3.8) is 0 Å². The van der Waals surface area contributed by atoms with Crippen molar-refractivity contribution in [2.24, 2.45) is 0 Å². The molecule has 0 spiro atoms. The number of para-hydroxylation sites is 2. The van der Waals surface area contributed by atoms with Crippen molar-refractivity contribution in [1.82, 2.24) is 19.7 Å². The zero-order valence-corrected chi connectivity index (χ0v) is 17.1. The molecule has 10 nitrogen and oxygen atoms in total. The number of benzene rings is 2. The van der Waals surface area contributed by atoms with E-state index in [0.29, 0.717) is 17.1 Å². The minimum atomic E-state index is -3.50. The molecule has 0 saturated carbocycles. The van der Waals surface area contributed by atoms with E-state index in [-0.39, 0.29) is 48.7 Å². The number of rotatable bonds is 7. The van der Waals surface area contributed by atoms with Gasteiger partial charge in [-0.3, -0.25) is 4.57 Å². The summed E-state index contributed by atoms with van der Waals surface area (Å²) in [5, 5.41) is 3.87. The van der Waals surface area contributed by atoms with Gasteiger partial charge in [0, 0.05) is 12.1 Å². The average molecular weight is 442 g/mol. The molecule has 160 valence electrons. The first-order chi connectivity index (χ1) is 15.0. The quantitative estimate of drug-likeness (QED) is 0.461. The van der Waals surface area contributed by atoms with Gasteiger partial charge in [0.2, 0.25) is 18.5 Å². The van der Waals surface area contributed by atoms with E-state index in [9.17, 15) is 13.2 Å². The Morgan fingerprint density at radius 3 is 2.84 bits per heavy atom. The number of nitrogens with zero attached hydrogens (tertiary/aromatic N) is 3. The van der Waals surface area contributed by atoms with Crippen LogP contribution in [0, 0.1) is 0 Å². The van der Waals surface area contributed by atoms with Gasteiger partial charge in [-0.15, -0.1) is 0 Å². The van der Waals surface area contributed by atoms with Crippen molar-refractivity contribution in [3.8, 4) is 22.9 Å². The summed E-state index contributed by atoms with van der Waals surface area (Å²) in [6, 6.07) is 12.5. The first-order valence-corrected chi connectivity index (χ1v) is 11.4. The number of fused-ring (bicyclic) bond motifs is 2. The predicted octanol–water partition coefficient (Wildman–Crippen LogP) is 2.11. The lowest BCUT2D eigenvalue weighted by atomic mass is 10.2. The normalized spacial score (nSPS) is 13.2. The van der Waals surface area contributed by atoms with E-state index in [0.717, 1.165) is 11.0 Å². The predicted molar refractivity (Wildman–Crippen MR) is 111 cm³/mol. The van der Waals surface area contributed by atoms with Gasteiger partial charge in [-0.25, -0.2) is 13.2 Å². The zero-order chi connectivity index (χ0) is 21.4. The highest BCUT2D eigenvalue weighted by molar-refractivity contribution is 7.90.